The van der Waals surface area contributed by atoms with Gasteiger partial charge in [-0.05, 0) is 48.6 Å². The van der Waals surface area contributed by atoms with Crippen LogP contribution in [0.25, 0.3) is 11.1 Å². The Labute approximate surface area is 163 Å². The standard InChI is InChI=1S/C24H31NO2/c1-5-6-7-8-20-9-11-21(12-10-20)22-13-15-23(16-14-22)27-18-17-25(4)24(26)19(2)3/h9-16H,2,5-8,17-18H2,1,3-4H3. The maximum atomic E-state index is 11.8. The Balaban J connectivity index is 1.85. The number of benzene rings is 2. The molecule has 3 nitrogen and oxygen atoms in total. The van der Waals surface area contributed by atoms with Gasteiger partial charge in [0, 0.05) is 12.6 Å². The lowest BCUT2D eigenvalue weighted by molar-refractivity contribution is -0.126. The van der Waals surface area contributed by atoms with E-state index in [0.29, 0.717) is 18.7 Å². The third kappa shape index (κ3) is 6.59. The Bertz CT molecular complexity index is 732. The van der Waals surface area contributed by atoms with Crippen molar-refractivity contribution in [2.45, 2.75) is 39.5 Å². The van der Waals surface area contributed by atoms with Crippen molar-refractivity contribution >= 4 is 5.91 Å². The van der Waals surface area contributed by atoms with E-state index in [1.807, 2.05) is 12.1 Å². The fourth-order valence-corrected chi connectivity index (χ4v) is 2.91. The molecule has 27 heavy (non-hydrogen) atoms. The summed E-state index contributed by atoms with van der Waals surface area (Å²) < 4.78 is 5.75. The number of likely N-dealkylation sites (N-methyl/N-ethyl adjacent to an activating group) is 1. The van der Waals surface area contributed by atoms with E-state index in [1.165, 1.54) is 36.0 Å². The van der Waals surface area contributed by atoms with Crippen LogP contribution >= 0.6 is 0 Å². The van der Waals surface area contributed by atoms with E-state index in [2.05, 4.69) is 49.9 Å². The number of carbonyl (C=O) groups is 1. The van der Waals surface area contributed by atoms with Gasteiger partial charge in [0.2, 0.25) is 5.91 Å². The molecule has 2 aromatic carbocycles. The van der Waals surface area contributed by atoms with Gasteiger partial charge in [0.25, 0.3) is 0 Å². The van der Waals surface area contributed by atoms with Crippen LogP contribution in [0.15, 0.2) is 60.7 Å². The van der Waals surface area contributed by atoms with Gasteiger partial charge in [-0.25, -0.2) is 0 Å². The first-order chi connectivity index (χ1) is 13.0. The van der Waals surface area contributed by atoms with E-state index in [-0.39, 0.29) is 5.91 Å². The van der Waals surface area contributed by atoms with E-state index < -0.39 is 0 Å². The number of hydrogen-bond donors (Lipinski definition) is 0. The third-order valence-corrected chi connectivity index (χ3v) is 4.62. The largest absolute Gasteiger partial charge is 0.492 e. The number of carbonyl (C=O) groups excluding carboxylic acids is 1. The highest BCUT2D eigenvalue weighted by molar-refractivity contribution is 5.91. The third-order valence-electron chi connectivity index (χ3n) is 4.62. The highest BCUT2D eigenvalue weighted by atomic mass is 16.5. The summed E-state index contributed by atoms with van der Waals surface area (Å²) in [6, 6.07) is 16.9. The van der Waals surface area contributed by atoms with Crippen LogP contribution in [0, 0.1) is 0 Å². The molecule has 0 saturated carbocycles. The van der Waals surface area contributed by atoms with Crippen molar-refractivity contribution < 1.29 is 9.53 Å². The van der Waals surface area contributed by atoms with Crippen molar-refractivity contribution in [2.75, 3.05) is 20.2 Å². The number of rotatable bonds is 10. The second-order valence-corrected chi connectivity index (χ2v) is 7.03. The van der Waals surface area contributed by atoms with Gasteiger partial charge in [0.1, 0.15) is 12.4 Å². The molecule has 1 amide bonds. The summed E-state index contributed by atoms with van der Waals surface area (Å²) in [5, 5.41) is 0. The second kappa shape index (κ2) is 10.6. The number of aryl methyl sites for hydroxylation is 1. The first kappa shape index (κ1) is 20.8. The summed E-state index contributed by atoms with van der Waals surface area (Å²) in [5.41, 5.74) is 4.34. The van der Waals surface area contributed by atoms with Crippen LogP contribution in [0.5, 0.6) is 5.75 Å². The number of nitrogens with zero attached hydrogens (tertiary/aromatic N) is 1. The van der Waals surface area contributed by atoms with Crippen LogP contribution in [-0.4, -0.2) is 31.0 Å². The Hall–Kier alpha value is -2.55. The maximum absolute atomic E-state index is 11.8. The number of hydrogen-bond acceptors (Lipinski definition) is 2. The molecule has 144 valence electrons. The van der Waals surface area contributed by atoms with Gasteiger partial charge in [-0.1, -0.05) is 62.7 Å². The zero-order valence-corrected chi connectivity index (χ0v) is 16.8. The average molecular weight is 366 g/mol. The zero-order chi connectivity index (χ0) is 19.6. The lowest BCUT2D eigenvalue weighted by atomic mass is 10.0. The minimum absolute atomic E-state index is 0.0490. The van der Waals surface area contributed by atoms with Gasteiger partial charge in [-0.15, -0.1) is 0 Å². The van der Waals surface area contributed by atoms with Gasteiger partial charge in [0.05, 0.1) is 6.54 Å². The summed E-state index contributed by atoms with van der Waals surface area (Å²) in [5.74, 6) is 0.762. The molecular weight excluding hydrogens is 334 g/mol. The molecule has 0 N–H and O–H groups in total. The number of amides is 1. The summed E-state index contributed by atoms with van der Waals surface area (Å²) in [7, 11) is 1.76. The molecule has 0 aliphatic rings. The van der Waals surface area contributed by atoms with Crippen LogP contribution in [-0.2, 0) is 11.2 Å². The SMILES string of the molecule is C=C(C)C(=O)N(C)CCOc1ccc(-c2ccc(CCCCC)cc2)cc1. The van der Waals surface area contributed by atoms with Crippen LogP contribution < -0.4 is 4.74 Å². The normalized spacial score (nSPS) is 10.5. The smallest absolute Gasteiger partial charge is 0.248 e. The summed E-state index contributed by atoms with van der Waals surface area (Å²) in [6.45, 7) is 8.62. The molecule has 0 aliphatic heterocycles. The van der Waals surface area contributed by atoms with Crippen LogP contribution in [0.2, 0.25) is 0 Å². The van der Waals surface area contributed by atoms with Gasteiger partial charge >= 0.3 is 0 Å². The van der Waals surface area contributed by atoms with E-state index in [9.17, 15) is 4.79 Å². The van der Waals surface area contributed by atoms with Gasteiger partial charge in [-0.3, -0.25) is 4.79 Å². The topological polar surface area (TPSA) is 29.5 Å². The van der Waals surface area contributed by atoms with Crippen molar-refractivity contribution in [3.8, 4) is 16.9 Å². The minimum Gasteiger partial charge on any atom is -0.492 e. The highest BCUT2D eigenvalue weighted by Gasteiger charge is 2.08. The Morgan fingerprint density at radius 2 is 1.59 bits per heavy atom. The molecule has 0 saturated heterocycles. The molecule has 0 aromatic heterocycles. The monoisotopic (exact) mass is 365 g/mol. The van der Waals surface area contributed by atoms with Crippen molar-refractivity contribution in [3.05, 3.63) is 66.2 Å². The molecule has 0 aliphatic carbocycles. The Morgan fingerprint density at radius 3 is 2.15 bits per heavy atom. The fraction of sp³-hybridized carbons (Fsp3) is 0.375. The van der Waals surface area contributed by atoms with Crippen LogP contribution in [0.1, 0.15) is 38.7 Å². The molecular formula is C24H31NO2. The Kier molecular flexibility index (Phi) is 8.12. The van der Waals surface area contributed by atoms with Crippen LogP contribution in [0.3, 0.4) is 0 Å². The van der Waals surface area contributed by atoms with E-state index >= 15 is 0 Å². The molecule has 0 radical (unpaired) electrons. The number of ether oxygens (including phenoxy) is 1. The molecule has 0 atom stereocenters. The summed E-state index contributed by atoms with van der Waals surface area (Å²) >= 11 is 0. The molecule has 2 rings (SSSR count). The predicted octanol–water partition coefficient (Wildman–Crippen LogP) is 5.50. The Morgan fingerprint density at radius 1 is 1.00 bits per heavy atom. The molecule has 0 bridgehead atoms. The van der Waals surface area contributed by atoms with Gasteiger partial charge < -0.3 is 9.64 Å². The van der Waals surface area contributed by atoms with E-state index in [0.717, 1.165) is 12.2 Å². The summed E-state index contributed by atoms with van der Waals surface area (Å²) in [6.07, 6.45) is 4.96. The lowest BCUT2D eigenvalue weighted by Gasteiger charge is -2.17. The molecule has 0 fully saturated rings. The second-order valence-electron chi connectivity index (χ2n) is 7.03. The fourth-order valence-electron chi connectivity index (χ4n) is 2.91. The van der Waals surface area contributed by atoms with Crippen molar-refractivity contribution in [1.29, 1.82) is 0 Å². The molecule has 2 aromatic rings. The van der Waals surface area contributed by atoms with Gasteiger partial charge in [0.15, 0.2) is 0 Å². The molecule has 0 unspecified atom stereocenters. The van der Waals surface area contributed by atoms with Crippen molar-refractivity contribution in [3.63, 3.8) is 0 Å². The first-order valence-corrected chi connectivity index (χ1v) is 9.74. The van der Waals surface area contributed by atoms with Crippen molar-refractivity contribution in [2.24, 2.45) is 0 Å². The molecule has 3 heteroatoms. The van der Waals surface area contributed by atoms with E-state index in [4.69, 9.17) is 4.74 Å². The quantitative estimate of drug-likeness (QED) is 0.411. The predicted molar refractivity (Wildman–Crippen MR) is 113 cm³/mol. The molecule has 0 spiro atoms. The minimum atomic E-state index is -0.0490. The highest BCUT2D eigenvalue weighted by Crippen LogP contribution is 2.23. The zero-order valence-electron chi connectivity index (χ0n) is 16.8. The number of unbranched alkanes of at least 4 members (excludes halogenated alkanes) is 2. The maximum Gasteiger partial charge on any atom is 0.248 e. The van der Waals surface area contributed by atoms with E-state index in [1.54, 1.807) is 18.9 Å². The lowest BCUT2D eigenvalue weighted by Crippen LogP contribution is -2.31. The summed E-state index contributed by atoms with van der Waals surface area (Å²) in [4.78, 5) is 13.4. The molecule has 0 heterocycles. The van der Waals surface area contributed by atoms with Gasteiger partial charge in [-0.2, -0.15) is 0 Å². The van der Waals surface area contributed by atoms with Crippen LogP contribution in [0.4, 0.5) is 0 Å². The first-order valence-electron chi connectivity index (χ1n) is 9.74. The average Bonchev–Trinajstić information content (AvgIpc) is 2.68. The van der Waals surface area contributed by atoms with Crippen molar-refractivity contribution in [1.82, 2.24) is 4.90 Å².